The molecule has 2 aromatic carbocycles. The lowest BCUT2D eigenvalue weighted by atomic mass is 10.2. The molecule has 30 heavy (non-hydrogen) atoms. The maximum atomic E-state index is 12.5. The number of tetrazole rings is 1. The third kappa shape index (κ3) is 4.80. The third-order valence-corrected chi connectivity index (χ3v) is 5.03. The Morgan fingerprint density at radius 2 is 1.43 bits per heavy atom. The summed E-state index contributed by atoms with van der Waals surface area (Å²) >= 11 is 0. The van der Waals surface area contributed by atoms with Crippen molar-refractivity contribution < 1.29 is 9.59 Å². The molecule has 1 aliphatic heterocycles. The predicted octanol–water partition coefficient (Wildman–Crippen LogP) is 3.32. The van der Waals surface area contributed by atoms with Gasteiger partial charge in [0.2, 0.25) is 0 Å². The van der Waals surface area contributed by atoms with Gasteiger partial charge in [-0.1, -0.05) is 12.8 Å². The lowest BCUT2D eigenvalue weighted by molar-refractivity contribution is 0.102. The fraction of sp³-hybridized carbons (Fsp3) is 0.286. The Morgan fingerprint density at radius 1 is 0.800 bits per heavy atom. The van der Waals surface area contributed by atoms with Crippen LogP contribution in [0.4, 0.5) is 16.2 Å². The lowest BCUT2D eigenvalue weighted by Gasteiger charge is -2.20. The van der Waals surface area contributed by atoms with E-state index in [1.165, 1.54) is 23.9 Å². The zero-order valence-electron chi connectivity index (χ0n) is 16.5. The molecule has 0 radical (unpaired) electrons. The largest absolute Gasteiger partial charge is 0.325 e. The molecule has 9 nitrogen and oxygen atoms in total. The smallest absolute Gasteiger partial charge is 0.321 e. The first-order chi connectivity index (χ1) is 14.7. The van der Waals surface area contributed by atoms with Crippen LogP contribution in [-0.2, 0) is 0 Å². The summed E-state index contributed by atoms with van der Waals surface area (Å²) < 4.78 is 1.51. The van der Waals surface area contributed by atoms with Gasteiger partial charge in [-0.25, -0.2) is 9.48 Å². The van der Waals surface area contributed by atoms with E-state index in [4.69, 9.17) is 0 Å². The van der Waals surface area contributed by atoms with Gasteiger partial charge in [-0.2, -0.15) is 0 Å². The number of nitrogens with one attached hydrogen (secondary N) is 2. The van der Waals surface area contributed by atoms with Crippen molar-refractivity contribution >= 4 is 23.3 Å². The van der Waals surface area contributed by atoms with Gasteiger partial charge in [-0.15, -0.1) is 5.10 Å². The number of likely N-dealkylation sites (tertiary alicyclic amines) is 1. The molecule has 154 valence electrons. The number of hydrogen-bond donors (Lipinski definition) is 2. The van der Waals surface area contributed by atoms with Crippen molar-refractivity contribution in [1.29, 1.82) is 0 Å². The summed E-state index contributed by atoms with van der Waals surface area (Å²) in [5, 5.41) is 16.8. The summed E-state index contributed by atoms with van der Waals surface area (Å²) in [5.41, 5.74) is 2.64. The van der Waals surface area contributed by atoms with E-state index in [0.29, 0.717) is 16.9 Å². The highest BCUT2D eigenvalue weighted by Crippen LogP contribution is 2.17. The number of carbonyl (C=O) groups excluding carboxylic acids is 2. The number of rotatable bonds is 4. The monoisotopic (exact) mass is 405 g/mol. The van der Waals surface area contributed by atoms with Gasteiger partial charge in [0, 0.05) is 30.0 Å². The second kappa shape index (κ2) is 9.17. The molecule has 2 heterocycles. The van der Waals surface area contributed by atoms with Crippen LogP contribution < -0.4 is 10.6 Å². The van der Waals surface area contributed by atoms with Gasteiger partial charge in [0.1, 0.15) is 6.33 Å². The van der Waals surface area contributed by atoms with Crippen molar-refractivity contribution in [3.63, 3.8) is 0 Å². The fourth-order valence-electron chi connectivity index (χ4n) is 3.36. The summed E-state index contributed by atoms with van der Waals surface area (Å²) in [5.74, 6) is -0.223. The number of urea groups is 1. The van der Waals surface area contributed by atoms with Gasteiger partial charge < -0.3 is 15.5 Å². The van der Waals surface area contributed by atoms with Crippen LogP contribution in [0.1, 0.15) is 36.0 Å². The van der Waals surface area contributed by atoms with Crippen molar-refractivity contribution in [2.75, 3.05) is 23.7 Å². The molecule has 0 bridgehead atoms. The third-order valence-electron chi connectivity index (χ3n) is 5.03. The van der Waals surface area contributed by atoms with Crippen LogP contribution in [0.3, 0.4) is 0 Å². The van der Waals surface area contributed by atoms with Crippen LogP contribution in [0.5, 0.6) is 0 Å². The molecule has 0 aliphatic carbocycles. The standard InChI is InChI=1S/C21H23N7O2/c29-20(16-5-11-19(12-6-16)28-15-22-25-26-28)23-17-7-9-18(10-8-17)24-21(30)27-13-3-1-2-4-14-27/h5-12,15H,1-4,13-14H2,(H,23,29)(H,24,30). The van der Waals surface area contributed by atoms with Crippen LogP contribution in [0.15, 0.2) is 54.9 Å². The minimum atomic E-state index is -0.223. The molecule has 3 aromatic rings. The minimum absolute atomic E-state index is 0.0728. The second-order valence-electron chi connectivity index (χ2n) is 7.16. The first-order valence-corrected chi connectivity index (χ1v) is 10.00. The van der Waals surface area contributed by atoms with E-state index in [2.05, 4.69) is 26.2 Å². The summed E-state index contributed by atoms with van der Waals surface area (Å²) in [6, 6.07) is 14.0. The van der Waals surface area contributed by atoms with E-state index in [-0.39, 0.29) is 11.9 Å². The molecule has 0 saturated carbocycles. The van der Waals surface area contributed by atoms with Crippen LogP contribution in [0.2, 0.25) is 0 Å². The Bertz CT molecular complexity index is 977. The van der Waals surface area contributed by atoms with Gasteiger partial charge in [0.15, 0.2) is 0 Å². The van der Waals surface area contributed by atoms with E-state index in [1.807, 2.05) is 4.90 Å². The lowest BCUT2D eigenvalue weighted by Crippen LogP contribution is -2.35. The molecule has 1 aliphatic rings. The van der Waals surface area contributed by atoms with Gasteiger partial charge in [-0.3, -0.25) is 4.79 Å². The van der Waals surface area contributed by atoms with Crippen molar-refractivity contribution in [3.05, 3.63) is 60.4 Å². The van der Waals surface area contributed by atoms with Crippen LogP contribution in [0, 0.1) is 0 Å². The van der Waals surface area contributed by atoms with Crippen LogP contribution in [0.25, 0.3) is 5.69 Å². The Hall–Kier alpha value is -3.75. The Balaban J connectivity index is 1.33. The maximum Gasteiger partial charge on any atom is 0.321 e. The van der Waals surface area contributed by atoms with Crippen LogP contribution >= 0.6 is 0 Å². The number of carbonyl (C=O) groups is 2. The summed E-state index contributed by atoms with van der Waals surface area (Å²) in [6.45, 7) is 1.60. The Morgan fingerprint density at radius 3 is 2.03 bits per heavy atom. The summed E-state index contributed by atoms with van der Waals surface area (Å²) in [7, 11) is 0. The molecule has 9 heteroatoms. The topological polar surface area (TPSA) is 105 Å². The average Bonchev–Trinajstić information content (AvgIpc) is 3.17. The van der Waals surface area contributed by atoms with Crippen LogP contribution in [-0.4, -0.2) is 50.1 Å². The molecule has 1 aromatic heterocycles. The first-order valence-electron chi connectivity index (χ1n) is 10.00. The molecule has 1 saturated heterocycles. The van der Waals surface area contributed by atoms with Gasteiger partial charge in [0.05, 0.1) is 5.69 Å². The highest BCUT2D eigenvalue weighted by molar-refractivity contribution is 6.04. The van der Waals surface area contributed by atoms with Crippen molar-refractivity contribution in [1.82, 2.24) is 25.1 Å². The summed E-state index contributed by atoms with van der Waals surface area (Å²) in [4.78, 5) is 26.8. The van der Waals surface area contributed by atoms with E-state index < -0.39 is 0 Å². The van der Waals surface area contributed by atoms with Crippen molar-refractivity contribution in [3.8, 4) is 5.69 Å². The van der Waals surface area contributed by atoms with Gasteiger partial charge >= 0.3 is 6.03 Å². The highest BCUT2D eigenvalue weighted by atomic mass is 16.2. The SMILES string of the molecule is O=C(Nc1ccc(NC(=O)N2CCCCCC2)cc1)c1ccc(-n2cnnn2)cc1. The molecular formula is C21H23N7O2. The zero-order chi connectivity index (χ0) is 20.8. The van der Waals surface area contributed by atoms with Crippen molar-refractivity contribution in [2.24, 2.45) is 0 Å². The van der Waals surface area contributed by atoms with Crippen molar-refractivity contribution in [2.45, 2.75) is 25.7 Å². The molecule has 4 rings (SSSR count). The number of amides is 3. The maximum absolute atomic E-state index is 12.5. The van der Waals surface area contributed by atoms with E-state index in [1.54, 1.807) is 48.5 Å². The number of nitrogens with zero attached hydrogens (tertiary/aromatic N) is 5. The number of hydrogen-bond acceptors (Lipinski definition) is 5. The molecule has 2 N–H and O–H groups in total. The van der Waals surface area contributed by atoms with E-state index in [9.17, 15) is 9.59 Å². The molecule has 0 unspecified atom stereocenters. The molecule has 0 spiro atoms. The Labute approximate surface area is 174 Å². The van der Waals surface area contributed by atoms with Gasteiger partial charge in [-0.05, 0) is 71.8 Å². The van der Waals surface area contributed by atoms with E-state index >= 15 is 0 Å². The minimum Gasteiger partial charge on any atom is -0.325 e. The normalized spacial score (nSPS) is 14.1. The number of anilines is 2. The molecular weight excluding hydrogens is 382 g/mol. The first kappa shape index (κ1) is 19.6. The molecule has 0 atom stereocenters. The summed E-state index contributed by atoms with van der Waals surface area (Å²) in [6.07, 6.45) is 5.95. The van der Waals surface area contributed by atoms with E-state index in [0.717, 1.165) is 31.6 Å². The molecule has 3 amide bonds. The number of aromatic nitrogens is 4. The Kier molecular flexibility index (Phi) is 5.98. The predicted molar refractivity (Wildman–Crippen MR) is 113 cm³/mol. The molecule has 1 fully saturated rings. The quantitative estimate of drug-likeness (QED) is 0.693. The van der Waals surface area contributed by atoms with Gasteiger partial charge in [0.25, 0.3) is 5.91 Å². The number of benzene rings is 2. The fourth-order valence-corrected chi connectivity index (χ4v) is 3.36. The highest BCUT2D eigenvalue weighted by Gasteiger charge is 2.15. The second-order valence-corrected chi connectivity index (χ2v) is 7.16. The zero-order valence-corrected chi connectivity index (χ0v) is 16.5. The average molecular weight is 405 g/mol.